The van der Waals surface area contributed by atoms with Crippen molar-refractivity contribution in [1.29, 1.82) is 0 Å². The number of anilines is 1. The van der Waals surface area contributed by atoms with Gasteiger partial charge in [-0.15, -0.1) is 6.42 Å². The van der Waals surface area contributed by atoms with Crippen molar-refractivity contribution in [2.45, 2.75) is 70.2 Å². The number of hydrogen-bond donors (Lipinski definition) is 1. The largest absolute Gasteiger partial charge is 0.423 e. The Morgan fingerprint density at radius 2 is 1.71 bits per heavy atom. The molecular weight excluding hydrogens is 665 g/mol. The molecule has 9 nitrogen and oxygen atoms in total. The maximum absolute atomic E-state index is 15.0. The standard InChI is InChI=1S/C31H31F7N6O3Si/c1-5-21(42-25-17-41-44(18-47-11-12-48(2,3)4)29(46)26(25)31(36,37)38)7-6-9-43-10-8-19-13-23(24(32)14-22(19)28(43)45)27-39-15-20(16-40-27)30(33,34)35/h1,8,10,13-17,21,42H,6-7,9,11-12,18H2,2-4H3. The summed E-state index contributed by atoms with van der Waals surface area (Å²) in [5.74, 6) is 1.12. The summed E-state index contributed by atoms with van der Waals surface area (Å²) in [6, 6.07) is 3.45. The van der Waals surface area contributed by atoms with Crippen LogP contribution >= 0.6 is 0 Å². The minimum atomic E-state index is -5.02. The molecular formula is C31H31F7N6O3Si. The van der Waals surface area contributed by atoms with Gasteiger partial charge in [0.1, 0.15) is 18.1 Å². The van der Waals surface area contributed by atoms with E-state index in [-0.39, 0.29) is 48.2 Å². The van der Waals surface area contributed by atoms with Gasteiger partial charge in [-0.2, -0.15) is 31.4 Å². The first-order valence-electron chi connectivity index (χ1n) is 14.6. The van der Waals surface area contributed by atoms with E-state index in [1.165, 1.54) is 22.9 Å². The van der Waals surface area contributed by atoms with Gasteiger partial charge in [-0.3, -0.25) is 9.59 Å². The maximum atomic E-state index is 15.0. The molecule has 0 saturated carbocycles. The summed E-state index contributed by atoms with van der Waals surface area (Å²) in [6.07, 6.45) is -0.505. The number of benzene rings is 1. The highest BCUT2D eigenvalue weighted by Crippen LogP contribution is 2.33. The predicted octanol–water partition coefficient (Wildman–Crippen LogP) is 6.40. The van der Waals surface area contributed by atoms with Gasteiger partial charge in [0.25, 0.3) is 11.1 Å². The molecule has 0 aliphatic rings. The van der Waals surface area contributed by atoms with Crippen LogP contribution in [0, 0.1) is 18.2 Å². The molecule has 3 heterocycles. The van der Waals surface area contributed by atoms with Crippen LogP contribution in [0.15, 0.2) is 52.6 Å². The van der Waals surface area contributed by atoms with Crippen molar-refractivity contribution in [3.63, 3.8) is 0 Å². The van der Waals surface area contributed by atoms with Crippen molar-refractivity contribution in [3.05, 3.63) is 80.6 Å². The fraction of sp³-hybridized carbons (Fsp3) is 0.387. The third-order valence-corrected chi connectivity index (χ3v) is 8.95. The van der Waals surface area contributed by atoms with Gasteiger partial charge in [0.05, 0.1) is 34.4 Å². The highest BCUT2D eigenvalue weighted by Gasteiger charge is 2.38. The molecule has 0 bridgehead atoms. The minimum absolute atomic E-state index is 0.0248. The Balaban J connectivity index is 1.46. The Morgan fingerprint density at radius 1 is 1.02 bits per heavy atom. The normalized spacial score (nSPS) is 13.0. The Hall–Kier alpha value is -4.56. The number of nitrogens with zero attached hydrogens (tertiary/aromatic N) is 5. The van der Waals surface area contributed by atoms with E-state index in [1.54, 1.807) is 0 Å². The number of hydrogen-bond acceptors (Lipinski definition) is 7. The zero-order valence-electron chi connectivity index (χ0n) is 26.0. The van der Waals surface area contributed by atoms with Crippen molar-refractivity contribution in [2.75, 3.05) is 11.9 Å². The number of nitrogens with one attached hydrogen (secondary N) is 1. The second-order valence-electron chi connectivity index (χ2n) is 12.1. The highest BCUT2D eigenvalue weighted by atomic mass is 28.3. The number of aryl methyl sites for hydroxylation is 1. The fourth-order valence-corrected chi connectivity index (χ4v) is 5.37. The van der Waals surface area contributed by atoms with E-state index in [1.807, 2.05) is 0 Å². The van der Waals surface area contributed by atoms with E-state index >= 15 is 0 Å². The quantitative estimate of drug-likeness (QED) is 0.0792. The van der Waals surface area contributed by atoms with Gasteiger partial charge in [0.2, 0.25) is 0 Å². The minimum Gasteiger partial charge on any atom is -0.370 e. The van der Waals surface area contributed by atoms with E-state index < -0.39 is 66.9 Å². The lowest BCUT2D eigenvalue weighted by Gasteiger charge is -2.19. The summed E-state index contributed by atoms with van der Waals surface area (Å²) in [5, 5.41) is 6.63. The number of aromatic nitrogens is 5. The lowest BCUT2D eigenvalue weighted by molar-refractivity contribution is -0.139. The summed E-state index contributed by atoms with van der Waals surface area (Å²) in [7, 11) is -1.46. The average Bonchev–Trinajstić information content (AvgIpc) is 2.99. The molecule has 0 amide bonds. The number of fused-ring (bicyclic) bond motifs is 1. The molecule has 0 saturated heterocycles. The summed E-state index contributed by atoms with van der Waals surface area (Å²) in [4.78, 5) is 33.0. The Kier molecular flexibility index (Phi) is 10.8. The predicted molar refractivity (Wildman–Crippen MR) is 167 cm³/mol. The van der Waals surface area contributed by atoms with Crippen molar-refractivity contribution in [3.8, 4) is 23.7 Å². The molecule has 3 aromatic heterocycles. The van der Waals surface area contributed by atoms with E-state index in [0.29, 0.717) is 17.1 Å². The second-order valence-corrected chi connectivity index (χ2v) is 17.7. The van der Waals surface area contributed by atoms with Crippen LogP contribution in [-0.4, -0.2) is 45.0 Å². The third-order valence-electron chi connectivity index (χ3n) is 7.24. The topological polar surface area (TPSA) is 104 Å². The van der Waals surface area contributed by atoms with Gasteiger partial charge in [0, 0.05) is 39.8 Å². The fourth-order valence-electron chi connectivity index (χ4n) is 4.61. The molecule has 0 fully saturated rings. The van der Waals surface area contributed by atoms with Crippen LogP contribution in [0.4, 0.5) is 36.4 Å². The molecule has 1 unspecified atom stereocenters. The number of rotatable bonds is 12. The summed E-state index contributed by atoms with van der Waals surface area (Å²) in [6.45, 7) is 6.20. The molecule has 17 heteroatoms. The van der Waals surface area contributed by atoms with Gasteiger partial charge in [0.15, 0.2) is 5.82 Å². The first-order chi connectivity index (χ1) is 22.4. The van der Waals surface area contributed by atoms with Crippen LogP contribution < -0.4 is 16.4 Å². The molecule has 4 rings (SSSR count). The van der Waals surface area contributed by atoms with Crippen molar-refractivity contribution < 1.29 is 35.5 Å². The maximum Gasteiger partial charge on any atom is 0.423 e. The second kappa shape index (κ2) is 14.3. The number of halogens is 7. The third kappa shape index (κ3) is 8.86. The molecule has 256 valence electrons. The van der Waals surface area contributed by atoms with Crippen LogP contribution in [0.25, 0.3) is 22.2 Å². The Morgan fingerprint density at radius 3 is 2.31 bits per heavy atom. The van der Waals surface area contributed by atoms with Crippen molar-refractivity contribution in [1.82, 2.24) is 24.3 Å². The summed E-state index contributed by atoms with van der Waals surface area (Å²) in [5.41, 5.74) is -5.35. The zero-order valence-corrected chi connectivity index (χ0v) is 27.0. The molecule has 48 heavy (non-hydrogen) atoms. The van der Waals surface area contributed by atoms with Gasteiger partial charge in [-0.1, -0.05) is 25.6 Å². The van der Waals surface area contributed by atoms with Crippen LogP contribution in [0.5, 0.6) is 0 Å². The molecule has 4 aromatic rings. The summed E-state index contributed by atoms with van der Waals surface area (Å²) >= 11 is 0. The number of pyridine rings is 1. The average molecular weight is 697 g/mol. The number of alkyl halides is 6. The molecule has 1 N–H and O–H groups in total. The van der Waals surface area contributed by atoms with E-state index in [9.17, 15) is 40.3 Å². The SMILES string of the molecule is C#CC(CCCn1ccc2cc(-c3ncc(C(F)(F)F)cn3)c(F)cc2c1=O)Nc1cnn(COCC[Si](C)(C)C)c(=O)c1C(F)(F)F. The van der Waals surface area contributed by atoms with Gasteiger partial charge < -0.3 is 14.6 Å². The molecule has 0 radical (unpaired) electrons. The number of ether oxygens (including phenoxy) is 1. The van der Waals surface area contributed by atoms with E-state index in [2.05, 4.69) is 45.9 Å². The van der Waals surface area contributed by atoms with Crippen LogP contribution in [0.2, 0.25) is 25.7 Å². The summed E-state index contributed by atoms with van der Waals surface area (Å²) < 4.78 is 103. The first kappa shape index (κ1) is 36.3. The smallest absolute Gasteiger partial charge is 0.370 e. The lowest BCUT2D eigenvalue weighted by atomic mass is 10.1. The van der Waals surface area contributed by atoms with E-state index in [4.69, 9.17) is 11.2 Å². The molecule has 1 aromatic carbocycles. The monoisotopic (exact) mass is 696 g/mol. The van der Waals surface area contributed by atoms with Crippen molar-refractivity contribution in [2.24, 2.45) is 0 Å². The zero-order chi connectivity index (χ0) is 35.4. The highest BCUT2D eigenvalue weighted by molar-refractivity contribution is 6.76. The van der Waals surface area contributed by atoms with Gasteiger partial charge in [-0.25, -0.2) is 19.0 Å². The van der Waals surface area contributed by atoms with Crippen LogP contribution in [0.3, 0.4) is 0 Å². The lowest BCUT2D eigenvalue weighted by Crippen LogP contribution is -2.34. The van der Waals surface area contributed by atoms with E-state index in [0.717, 1.165) is 18.3 Å². The first-order valence-corrected chi connectivity index (χ1v) is 18.3. The van der Waals surface area contributed by atoms with Crippen LogP contribution in [-0.2, 0) is 30.4 Å². The molecule has 0 aliphatic heterocycles. The van der Waals surface area contributed by atoms with Gasteiger partial charge in [-0.05, 0) is 42.5 Å². The van der Waals surface area contributed by atoms with Crippen LogP contribution in [0.1, 0.15) is 24.0 Å². The Bertz CT molecular complexity index is 1930. The van der Waals surface area contributed by atoms with Crippen molar-refractivity contribution >= 4 is 24.5 Å². The molecule has 0 spiro atoms. The Labute approximate surface area is 270 Å². The molecule has 0 aliphatic carbocycles. The number of terminal acetylenes is 1. The molecule has 1 atom stereocenters. The van der Waals surface area contributed by atoms with Gasteiger partial charge >= 0.3 is 12.4 Å².